The Balaban J connectivity index is 1.95. The predicted molar refractivity (Wildman–Crippen MR) is 85.9 cm³/mol. The summed E-state index contributed by atoms with van der Waals surface area (Å²) in [6.07, 6.45) is 2.13. The summed E-state index contributed by atoms with van der Waals surface area (Å²) in [6.45, 7) is 6.84. The Bertz CT molecular complexity index is 635. The van der Waals surface area contributed by atoms with Crippen molar-refractivity contribution in [3.05, 3.63) is 44.9 Å². The Hall–Kier alpha value is -1.86. The average Bonchev–Trinajstić information content (AvgIpc) is 2.80. The van der Waals surface area contributed by atoms with Crippen LogP contribution in [-0.4, -0.2) is 11.6 Å². The number of ether oxygens (including phenoxy) is 1. The zero-order valence-corrected chi connectivity index (χ0v) is 13.6. The minimum absolute atomic E-state index is 0.457. The van der Waals surface area contributed by atoms with E-state index >= 15 is 0 Å². The summed E-state index contributed by atoms with van der Waals surface area (Å²) < 4.78 is 5.82. The molecule has 0 saturated heterocycles. The number of nitriles is 1. The zero-order chi connectivity index (χ0) is 15.2. The van der Waals surface area contributed by atoms with E-state index in [0.29, 0.717) is 13.0 Å². The molecule has 4 heteroatoms. The topological polar surface area (TPSA) is 45.9 Å². The van der Waals surface area contributed by atoms with Gasteiger partial charge in [0, 0.05) is 11.3 Å². The van der Waals surface area contributed by atoms with Gasteiger partial charge in [0.15, 0.2) is 0 Å². The summed E-state index contributed by atoms with van der Waals surface area (Å²) in [5.74, 6) is 0.914. The third-order valence-electron chi connectivity index (χ3n) is 3.18. The van der Waals surface area contributed by atoms with Crippen LogP contribution in [0, 0.1) is 25.2 Å². The van der Waals surface area contributed by atoms with Crippen molar-refractivity contribution < 1.29 is 4.74 Å². The molecule has 2 aromatic rings. The maximum absolute atomic E-state index is 8.83. The average molecular weight is 300 g/mol. The molecule has 110 valence electrons. The minimum Gasteiger partial charge on any atom is -0.493 e. The molecule has 0 N–H and O–H groups in total. The lowest BCUT2D eigenvalue weighted by Crippen LogP contribution is -2.01. The summed E-state index contributed by atoms with van der Waals surface area (Å²) in [6, 6.07) is 8.44. The molecule has 0 saturated carbocycles. The van der Waals surface area contributed by atoms with Gasteiger partial charge in [0.2, 0.25) is 0 Å². The smallest absolute Gasteiger partial charge is 0.119 e. The number of aromatic nitrogens is 1. The molecule has 0 atom stereocenters. The van der Waals surface area contributed by atoms with Gasteiger partial charge in [-0.25, -0.2) is 4.98 Å². The third-order valence-corrected chi connectivity index (χ3v) is 4.33. The first-order chi connectivity index (χ1) is 10.1. The molecule has 0 fully saturated rings. The quantitative estimate of drug-likeness (QED) is 0.809. The number of benzene rings is 1. The molecule has 2 rings (SSSR count). The lowest BCUT2D eigenvalue weighted by molar-refractivity contribution is 0.321. The van der Waals surface area contributed by atoms with Gasteiger partial charge < -0.3 is 4.74 Å². The van der Waals surface area contributed by atoms with Crippen LogP contribution in [0.4, 0.5) is 0 Å². The normalized spacial score (nSPS) is 10.4. The summed E-state index contributed by atoms with van der Waals surface area (Å²) in [4.78, 5) is 5.70. The van der Waals surface area contributed by atoms with Crippen molar-refractivity contribution in [3.63, 3.8) is 0 Å². The molecule has 0 amide bonds. The number of thiazole rings is 1. The Morgan fingerprint density at radius 2 is 1.95 bits per heavy atom. The van der Waals surface area contributed by atoms with Gasteiger partial charge in [0.05, 0.1) is 29.8 Å². The fourth-order valence-electron chi connectivity index (χ4n) is 2.30. The Labute approximate surface area is 130 Å². The van der Waals surface area contributed by atoms with Crippen LogP contribution >= 0.6 is 11.3 Å². The molecule has 0 aliphatic heterocycles. The van der Waals surface area contributed by atoms with E-state index in [2.05, 4.69) is 37.9 Å². The molecule has 0 spiro atoms. The van der Waals surface area contributed by atoms with E-state index in [9.17, 15) is 0 Å². The van der Waals surface area contributed by atoms with Gasteiger partial charge in [-0.05, 0) is 43.5 Å². The van der Waals surface area contributed by atoms with Crippen molar-refractivity contribution in [1.82, 2.24) is 4.98 Å². The van der Waals surface area contributed by atoms with Crippen LogP contribution in [0.2, 0.25) is 0 Å². The second-order valence-electron chi connectivity index (χ2n) is 5.09. The number of rotatable bonds is 6. The lowest BCUT2D eigenvalue weighted by Gasteiger charge is -2.07. The van der Waals surface area contributed by atoms with Gasteiger partial charge in [-0.2, -0.15) is 5.26 Å². The van der Waals surface area contributed by atoms with Crippen LogP contribution in [0.3, 0.4) is 0 Å². The van der Waals surface area contributed by atoms with Gasteiger partial charge in [0.25, 0.3) is 0 Å². The summed E-state index contributed by atoms with van der Waals surface area (Å²) >= 11 is 1.64. The minimum atomic E-state index is 0.457. The van der Waals surface area contributed by atoms with Crippen LogP contribution in [0.1, 0.15) is 33.6 Å². The number of aryl methyl sites for hydroxylation is 3. The highest BCUT2D eigenvalue weighted by molar-refractivity contribution is 7.11. The van der Waals surface area contributed by atoms with Crippen LogP contribution in [0.15, 0.2) is 18.2 Å². The molecule has 1 heterocycles. The van der Waals surface area contributed by atoms with Crippen LogP contribution in [0.25, 0.3) is 0 Å². The van der Waals surface area contributed by atoms with Crippen LogP contribution in [0.5, 0.6) is 5.75 Å². The summed E-state index contributed by atoms with van der Waals surface area (Å²) in [7, 11) is 0. The first-order valence-corrected chi connectivity index (χ1v) is 7.99. The Morgan fingerprint density at radius 3 is 2.57 bits per heavy atom. The Morgan fingerprint density at radius 1 is 1.24 bits per heavy atom. The molecule has 1 aromatic carbocycles. The molecule has 0 bridgehead atoms. The van der Waals surface area contributed by atoms with E-state index in [0.717, 1.165) is 34.2 Å². The van der Waals surface area contributed by atoms with Gasteiger partial charge in [0.1, 0.15) is 5.75 Å². The van der Waals surface area contributed by atoms with Gasteiger partial charge >= 0.3 is 0 Å². The van der Waals surface area contributed by atoms with Crippen molar-refractivity contribution in [2.45, 2.75) is 40.0 Å². The molecular formula is C17H20N2OS. The maximum Gasteiger partial charge on any atom is 0.119 e. The number of nitrogens with zero attached hydrogens (tertiary/aromatic N) is 2. The fraction of sp³-hybridized carbons (Fsp3) is 0.412. The monoisotopic (exact) mass is 300 g/mol. The highest BCUT2D eigenvalue weighted by atomic mass is 32.1. The largest absolute Gasteiger partial charge is 0.493 e. The van der Waals surface area contributed by atoms with E-state index in [1.165, 1.54) is 11.1 Å². The fourth-order valence-corrected chi connectivity index (χ4v) is 3.37. The van der Waals surface area contributed by atoms with Gasteiger partial charge in [-0.1, -0.05) is 13.0 Å². The predicted octanol–water partition coefficient (Wildman–Crippen LogP) is 4.01. The zero-order valence-electron chi connectivity index (χ0n) is 12.8. The number of hydrogen-bond donors (Lipinski definition) is 0. The summed E-state index contributed by atoms with van der Waals surface area (Å²) in [5, 5.41) is 9.89. The second kappa shape index (κ2) is 7.24. The Kier molecular flexibility index (Phi) is 5.35. The number of hydrogen-bond acceptors (Lipinski definition) is 4. The molecular weight excluding hydrogens is 280 g/mol. The molecule has 0 aliphatic rings. The first kappa shape index (κ1) is 15.5. The van der Waals surface area contributed by atoms with Crippen molar-refractivity contribution in [1.29, 1.82) is 5.26 Å². The first-order valence-electron chi connectivity index (χ1n) is 7.18. The molecule has 21 heavy (non-hydrogen) atoms. The van der Waals surface area contributed by atoms with Crippen LogP contribution < -0.4 is 4.74 Å². The van der Waals surface area contributed by atoms with E-state index in [4.69, 9.17) is 10.00 Å². The molecule has 0 radical (unpaired) electrons. The second-order valence-corrected chi connectivity index (χ2v) is 6.26. The maximum atomic E-state index is 8.83. The van der Waals surface area contributed by atoms with E-state index in [-0.39, 0.29) is 0 Å². The lowest BCUT2D eigenvalue weighted by atomic mass is 10.1. The third kappa shape index (κ3) is 4.30. The van der Waals surface area contributed by atoms with Crippen molar-refractivity contribution >= 4 is 11.3 Å². The SMILES string of the molecule is CCc1nc(CCOc2cc(C)cc(C)c2)sc1CC#N. The molecule has 1 aromatic heterocycles. The summed E-state index contributed by atoms with van der Waals surface area (Å²) in [5.41, 5.74) is 3.48. The van der Waals surface area contributed by atoms with Gasteiger partial charge in [-0.15, -0.1) is 11.3 Å². The van der Waals surface area contributed by atoms with Crippen molar-refractivity contribution in [2.75, 3.05) is 6.61 Å². The van der Waals surface area contributed by atoms with E-state index < -0.39 is 0 Å². The molecule has 0 aliphatic carbocycles. The van der Waals surface area contributed by atoms with Crippen molar-refractivity contribution in [2.24, 2.45) is 0 Å². The molecule has 3 nitrogen and oxygen atoms in total. The highest BCUT2D eigenvalue weighted by Gasteiger charge is 2.09. The molecule has 0 unspecified atom stereocenters. The van der Waals surface area contributed by atoms with Gasteiger partial charge in [-0.3, -0.25) is 0 Å². The van der Waals surface area contributed by atoms with Crippen LogP contribution in [-0.2, 0) is 19.3 Å². The van der Waals surface area contributed by atoms with E-state index in [1.54, 1.807) is 11.3 Å². The standard InChI is InChI=1S/C17H20N2OS/c1-4-15-16(5-7-18)21-17(19-15)6-8-20-14-10-12(2)9-13(3)11-14/h9-11H,4-6,8H2,1-3H3. The van der Waals surface area contributed by atoms with E-state index in [1.807, 2.05) is 12.1 Å². The van der Waals surface area contributed by atoms with Crippen molar-refractivity contribution in [3.8, 4) is 11.8 Å². The highest BCUT2D eigenvalue weighted by Crippen LogP contribution is 2.21.